The van der Waals surface area contributed by atoms with E-state index in [9.17, 15) is 0 Å². The van der Waals surface area contributed by atoms with Crippen molar-refractivity contribution in [3.63, 3.8) is 0 Å². The van der Waals surface area contributed by atoms with Crippen LogP contribution in [0.4, 0.5) is 0 Å². The van der Waals surface area contributed by atoms with Crippen molar-refractivity contribution in [1.82, 2.24) is 0 Å². The Labute approximate surface area is 111 Å². The van der Waals surface area contributed by atoms with Crippen LogP contribution in [0.2, 0.25) is 0 Å². The van der Waals surface area contributed by atoms with Gasteiger partial charge in [-0.2, -0.15) is 7.82 Å². The molecule has 0 saturated heterocycles. The molecule has 0 aromatic rings. The largest absolute Gasteiger partial charge is 2.00 e. The summed E-state index contributed by atoms with van der Waals surface area (Å²) in [5.74, 6) is 0. The summed E-state index contributed by atoms with van der Waals surface area (Å²) in [6.07, 6.45) is 0. The molecule has 37 valence electrons. The van der Waals surface area contributed by atoms with Gasteiger partial charge in [-0.3, -0.25) is 0 Å². The molecular weight excluding hydrogens is 209 g/mol. The van der Waals surface area contributed by atoms with Crippen molar-refractivity contribution >= 4 is 45.6 Å². The van der Waals surface area contributed by atoms with Gasteiger partial charge in [-0.1, -0.05) is 0 Å². The Bertz CT molecular complexity index is 62.2. The molecule has 4 nitrogen and oxygen atoms in total. The second-order valence-electron chi connectivity index (χ2n) is 0.447. The van der Waals surface area contributed by atoms with Crippen LogP contribution in [0.1, 0.15) is 0 Å². The zero-order chi connectivity index (χ0) is 4.50. The van der Waals surface area contributed by atoms with Crippen molar-refractivity contribution in [2.75, 3.05) is 0 Å². The summed E-state index contributed by atoms with van der Waals surface area (Å²) in [7, 11) is -5.39. The van der Waals surface area contributed by atoms with Crippen LogP contribution in [-0.4, -0.2) is 37.7 Å². The summed E-state index contributed by atoms with van der Waals surface area (Å²) in [5, 5.41) is 0. The van der Waals surface area contributed by atoms with E-state index in [0.29, 0.717) is 0 Å². The maximum Gasteiger partial charge on any atom is 2.00 e. The summed E-state index contributed by atoms with van der Waals surface area (Å²) in [5.41, 5.74) is 0. The predicted octanol–water partition coefficient (Wildman–Crippen LogP) is -6.20. The van der Waals surface area contributed by atoms with Crippen LogP contribution in [0, 0.1) is 0 Å². The Hall–Kier alpha value is 2.95. The summed E-state index contributed by atoms with van der Waals surface area (Å²) in [4.78, 5) is 25.6. The fraction of sp³-hybridized carbons (Fsp3) is 0. The van der Waals surface area contributed by atoms with Crippen LogP contribution in [0.5, 0.6) is 0 Å². The Morgan fingerprint density at radius 2 is 1.12 bits per heavy atom. The van der Waals surface area contributed by atoms with Crippen molar-refractivity contribution < 1.29 is 67.4 Å². The minimum absolute atomic E-state index is 0. The normalized spacial score (nSPS) is 7.38. The molecule has 0 N–H and O–H groups in total. The van der Waals surface area contributed by atoms with E-state index in [2.05, 4.69) is 0 Å². The first kappa shape index (κ1) is 22.4. The molecule has 0 amide bonds. The van der Waals surface area contributed by atoms with Gasteiger partial charge in [-0.15, -0.1) is 0 Å². The number of rotatable bonds is 0. The summed E-state index contributed by atoms with van der Waals surface area (Å²) in [6.45, 7) is 0. The fourth-order valence-corrected chi connectivity index (χ4v) is 0. The molecule has 0 aliphatic rings. The summed E-state index contributed by atoms with van der Waals surface area (Å²) < 4.78 is 8.55. The van der Waals surface area contributed by atoms with Gasteiger partial charge in [0.25, 0.3) is 0 Å². The topological polar surface area (TPSA) is 86.2 Å². The fourth-order valence-electron chi connectivity index (χ4n) is 0. The molecule has 0 aliphatic carbocycles. The molecule has 0 aromatic heterocycles. The van der Waals surface area contributed by atoms with E-state index in [1.807, 2.05) is 0 Å². The minimum atomic E-state index is -5.39. The zero-order valence-electron chi connectivity index (χ0n) is 4.23. The van der Waals surface area contributed by atoms with Gasteiger partial charge in [0.15, 0.2) is 0 Å². The average molecular weight is 209 g/mol. The van der Waals surface area contributed by atoms with Gasteiger partial charge in [0.2, 0.25) is 0 Å². The molecule has 8 heteroatoms. The maximum atomic E-state index is 8.55. The van der Waals surface area contributed by atoms with Crippen LogP contribution >= 0.6 is 7.82 Å². The first-order chi connectivity index (χ1) is 2.00. The van der Waals surface area contributed by atoms with Gasteiger partial charge in [-0.05, 0) is 0 Å². The van der Waals surface area contributed by atoms with Crippen LogP contribution in [-0.2, 0) is 23.1 Å². The van der Waals surface area contributed by atoms with Crippen LogP contribution in [0.3, 0.4) is 0 Å². The van der Waals surface area contributed by atoms with Crippen molar-refractivity contribution in [1.29, 1.82) is 0 Å². The molecule has 0 saturated carbocycles. The average Bonchev–Trinajstić information content (AvgIpc) is 0.722. The molecule has 0 heterocycles. The van der Waals surface area contributed by atoms with Crippen LogP contribution in [0.25, 0.3) is 0 Å². The van der Waals surface area contributed by atoms with Crippen LogP contribution < -0.4 is 44.2 Å². The van der Waals surface area contributed by atoms with Gasteiger partial charge in [0.1, 0.15) is 0 Å². The third-order valence-corrected chi connectivity index (χ3v) is 0. The zero-order valence-corrected chi connectivity index (χ0v) is 10.7. The smallest absolute Gasteiger partial charge is 0.822 e. The molecule has 1 radical (unpaired) electrons. The minimum Gasteiger partial charge on any atom is -0.822 e. The first-order valence-electron chi connectivity index (χ1n) is 0.730. The van der Waals surface area contributed by atoms with Crippen molar-refractivity contribution in [3.05, 3.63) is 0 Å². The Kier molecular flexibility index (Phi) is 27.9. The SMILES string of the molecule is O=P([O-])([O-])[O-].[Ca+2].[Na+].[V]. The van der Waals surface area contributed by atoms with E-state index < -0.39 is 7.82 Å². The first-order valence-corrected chi connectivity index (χ1v) is 2.19. The van der Waals surface area contributed by atoms with Gasteiger partial charge in [-0.25, -0.2) is 0 Å². The molecule has 0 bridgehead atoms. The number of hydrogen-bond donors (Lipinski definition) is 0. The van der Waals surface area contributed by atoms with Crippen molar-refractivity contribution in [2.24, 2.45) is 0 Å². The van der Waals surface area contributed by atoms with Crippen molar-refractivity contribution in [3.8, 4) is 0 Å². The van der Waals surface area contributed by atoms with Gasteiger partial charge >= 0.3 is 67.3 Å². The maximum absolute atomic E-state index is 8.55. The van der Waals surface area contributed by atoms with E-state index in [4.69, 9.17) is 19.2 Å². The third-order valence-electron chi connectivity index (χ3n) is 0. The molecule has 0 atom stereocenters. The summed E-state index contributed by atoms with van der Waals surface area (Å²) >= 11 is 0. The number of hydrogen-bond acceptors (Lipinski definition) is 4. The number of phosphoric acid groups is 1. The quantitative estimate of drug-likeness (QED) is 0.293. The monoisotopic (exact) mass is 209 g/mol. The van der Waals surface area contributed by atoms with Gasteiger partial charge < -0.3 is 19.2 Å². The van der Waals surface area contributed by atoms with Gasteiger partial charge in [0, 0.05) is 18.6 Å². The second kappa shape index (κ2) is 9.95. The molecule has 0 spiro atoms. The van der Waals surface area contributed by atoms with E-state index in [0.717, 1.165) is 0 Å². The molecular formula is CaNaO4PV. The Morgan fingerprint density at radius 3 is 1.12 bits per heavy atom. The third kappa shape index (κ3) is 64.9. The van der Waals surface area contributed by atoms with Crippen molar-refractivity contribution in [2.45, 2.75) is 0 Å². The molecule has 0 rings (SSSR count). The second-order valence-corrected chi connectivity index (χ2v) is 1.34. The molecule has 0 fully saturated rings. The van der Waals surface area contributed by atoms with E-state index >= 15 is 0 Å². The molecule has 8 heavy (non-hydrogen) atoms. The van der Waals surface area contributed by atoms with Crippen LogP contribution in [0.15, 0.2) is 0 Å². The van der Waals surface area contributed by atoms with E-state index in [1.165, 1.54) is 0 Å². The molecule has 0 aliphatic heterocycles. The molecule has 0 unspecified atom stereocenters. The summed E-state index contributed by atoms with van der Waals surface area (Å²) in [6, 6.07) is 0. The Balaban J connectivity index is -0.0000000267. The Morgan fingerprint density at radius 1 is 1.12 bits per heavy atom. The van der Waals surface area contributed by atoms with Gasteiger partial charge in [0.05, 0.1) is 0 Å². The van der Waals surface area contributed by atoms with E-state index in [-0.39, 0.29) is 85.9 Å². The molecule has 0 aromatic carbocycles. The van der Waals surface area contributed by atoms with E-state index in [1.54, 1.807) is 0 Å². The predicted molar refractivity (Wildman–Crippen MR) is 13.4 cm³/mol. The standard InChI is InChI=1S/Ca.Na.H3O4P.V/c;;1-5(2,3)4;/h;;(H3,1,2,3,4);/q+2;+1;;/p-3.